The zero-order valence-electron chi connectivity index (χ0n) is 13.5. The van der Waals surface area contributed by atoms with Crippen LogP contribution >= 0.6 is 0 Å². The summed E-state index contributed by atoms with van der Waals surface area (Å²) in [6, 6.07) is 13.4. The maximum Gasteiger partial charge on any atom is 0.135 e. The van der Waals surface area contributed by atoms with E-state index in [1.165, 1.54) is 0 Å². The zero-order valence-corrected chi connectivity index (χ0v) is 13.5. The number of fused-ring (bicyclic) bond motifs is 2. The Kier molecular flexibility index (Phi) is 5.03. The van der Waals surface area contributed by atoms with E-state index < -0.39 is 0 Å². The third kappa shape index (κ3) is 2.96. The fraction of sp³-hybridized carbons (Fsp3) is 0.263. The van der Waals surface area contributed by atoms with Gasteiger partial charge in [-0.15, -0.1) is 0 Å². The highest BCUT2D eigenvalue weighted by Crippen LogP contribution is 2.43. The number of aliphatic hydroxyl groups is 2. The van der Waals surface area contributed by atoms with Gasteiger partial charge < -0.3 is 24.4 Å². The third-order valence-electron chi connectivity index (χ3n) is 3.81. The highest BCUT2D eigenvalue weighted by Gasteiger charge is 2.16. The van der Waals surface area contributed by atoms with Crippen molar-refractivity contribution >= 4 is 21.5 Å². The molecule has 0 spiro atoms. The second-order valence-electron chi connectivity index (χ2n) is 5.26. The molecule has 0 aromatic heterocycles. The van der Waals surface area contributed by atoms with Gasteiger partial charge in [0, 0.05) is 21.5 Å². The normalized spacial score (nSPS) is 11.0. The molecule has 0 saturated heterocycles. The number of methoxy groups -OCH3 is 1. The Hall–Kier alpha value is -2.50. The molecule has 0 radical (unpaired) electrons. The molecule has 3 rings (SSSR count). The average molecular weight is 328 g/mol. The summed E-state index contributed by atoms with van der Waals surface area (Å²) in [6.07, 6.45) is 0. The molecule has 0 aliphatic heterocycles. The minimum atomic E-state index is -0.0669. The van der Waals surface area contributed by atoms with Gasteiger partial charge in [-0.05, 0) is 18.2 Å². The van der Waals surface area contributed by atoms with E-state index >= 15 is 0 Å². The van der Waals surface area contributed by atoms with Gasteiger partial charge in [-0.1, -0.05) is 24.3 Å². The predicted molar refractivity (Wildman–Crippen MR) is 93.2 cm³/mol. The van der Waals surface area contributed by atoms with Crippen molar-refractivity contribution in [2.24, 2.45) is 0 Å². The van der Waals surface area contributed by atoms with Gasteiger partial charge in [0.25, 0.3) is 0 Å². The van der Waals surface area contributed by atoms with E-state index in [4.69, 9.17) is 24.4 Å². The standard InChI is InChI=1S/C19H20O5/c1-22-13-6-7-16-17(12-13)19(24-11-9-21)15-5-3-2-4-14(15)18(16)23-10-8-20/h2-7,12,20-21H,8-11H2,1H3. The highest BCUT2D eigenvalue weighted by atomic mass is 16.5. The van der Waals surface area contributed by atoms with Crippen LogP contribution in [0.25, 0.3) is 21.5 Å². The van der Waals surface area contributed by atoms with Crippen LogP contribution in [0.4, 0.5) is 0 Å². The smallest absolute Gasteiger partial charge is 0.135 e. The Morgan fingerprint density at radius 3 is 1.83 bits per heavy atom. The lowest BCUT2D eigenvalue weighted by Gasteiger charge is -2.17. The van der Waals surface area contributed by atoms with E-state index in [1.54, 1.807) is 7.11 Å². The SMILES string of the molecule is COc1ccc2c(OCCO)c3ccccc3c(OCCO)c2c1. The summed E-state index contributed by atoms with van der Waals surface area (Å²) in [7, 11) is 1.61. The van der Waals surface area contributed by atoms with Gasteiger partial charge >= 0.3 is 0 Å². The molecule has 0 saturated carbocycles. The van der Waals surface area contributed by atoms with Gasteiger partial charge in [0.15, 0.2) is 0 Å². The summed E-state index contributed by atoms with van der Waals surface area (Å²) in [4.78, 5) is 0. The summed E-state index contributed by atoms with van der Waals surface area (Å²) in [5.74, 6) is 2.10. The van der Waals surface area contributed by atoms with E-state index in [0.29, 0.717) is 17.2 Å². The molecule has 5 heteroatoms. The first-order valence-corrected chi connectivity index (χ1v) is 7.80. The van der Waals surface area contributed by atoms with Crippen molar-refractivity contribution in [1.29, 1.82) is 0 Å². The van der Waals surface area contributed by atoms with Gasteiger partial charge in [0.2, 0.25) is 0 Å². The van der Waals surface area contributed by atoms with Crippen LogP contribution < -0.4 is 14.2 Å². The van der Waals surface area contributed by atoms with Crippen molar-refractivity contribution in [2.45, 2.75) is 0 Å². The Labute approximate surface area is 140 Å². The van der Waals surface area contributed by atoms with Gasteiger partial charge in [0.05, 0.1) is 20.3 Å². The molecule has 0 bridgehead atoms. The predicted octanol–water partition coefficient (Wildman–Crippen LogP) is 2.74. The molecule has 0 aliphatic carbocycles. The van der Waals surface area contributed by atoms with Gasteiger partial charge in [-0.3, -0.25) is 0 Å². The van der Waals surface area contributed by atoms with Crippen LogP contribution in [0.15, 0.2) is 42.5 Å². The summed E-state index contributed by atoms with van der Waals surface area (Å²) < 4.78 is 17.0. The second-order valence-corrected chi connectivity index (χ2v) is 5.26. The first kappa shape index (κ1) is 16.4. The van der Waals surface area contributed by atoms with Crippen molar-refractivity contribution in [1.82, 2.24) is 0 Å². The number of ether oxygens (including phenoxy) is 3. The second kappa shape index (κ2) is 7.38. The molecule has 3 aromatic carbocycles. The molecular weight excluding hydrogens is 308 g/mol. The van der Waals surface area contributed by atoms with E-state index in [9.17, 15) is 0 Å². The Bertz CT molecular complexity index is 844. The molecular formula is C19H20O5. The maximum absolute atomic E-state index is 9.14. The largest absolute Gasteiger partial charge is 0.497 e. The lowest BCUT2D eigenvalue weighted by atomic mass is 10.00. The highest BCUT2D eigenvalue weighted by molar-refractivity contribution is 6.11. The van der Waals surface area contributed by atoms with Crippen molar-refractivity contribution in [3.8, 4) is 17.2 Å². The minimum absolute atomic E-state index is 0.0608. The van der Waals surface area contributed by atoms with Crippen LogP contribution in [-0.2, 0) is 0 Å². The van der Waals surface area contributed by atoms with E-state index in [-0.39, 0.29) is 26.4 Å². The molecule has 0 unspecified atom stereocenters. The number of hydrogen-bond acceptors (Lipinski definition) is 5. The number of rotatable bonds is 7. The van der Waals surface area contributed by atoms with Gasteiger partial charge in [0.1, 0.15) is 30.5 Å². The number of benzene rings is 3. The molecule has 2 N–H and O–H groups in total. The average Bonchev–Trinajstić information content (AvgIpc) is 2.64. The van der Waals surface area contributed by atoms with Crippen LogP contribution in [0, 0.1) is 0 Å². The molecule has 3 aromatic rings. The third-order valence-corrected chi connectivity index (χ3v) is 3.81. The quantitative estimate of drug-likeness (QED) is 0.653. The molecule has 5 nitrogen and oxygen atoms in total. The maximum atomic E-state index is 9.14. The van der Waals surface area contributed by atoms with Gasteiger partial charge in [-0.2, -0.15) is 0 Å². The molecule has 126 valence electrons. The minimum Gasteiger partial charge on any atom is -0.497 e. The lowest BCUT2D eigenvalue weighted by molar-refractivity contribution is 0.202. The number of aliphatic hydroxyl groups excluding tert-OH is 2. The Balaban J connectivity index is 2.34. The van der Waals surface area contributed by atoms with E-state index in [1.807, 2.05) is 42.5 Å². The molecule has 0 atom stereocenters. The first-order chi connectivity index (χ1) is 11.8. The molecule has 0 heterocycles. The molecule has 0 aliphatic rings. The fourth-order valence-electron chi connectivity index (χ4n) is 2.81. The zero-order chi connectivity index (χ0) is 16.9. The summed E-state index contributed by atoms with van der Waals surface area (Å²) >= 11 is 0. The van der Waals surface area contributed by atoms with Crippen molar-refractivity contribution in [2.75, 3.05) is 33.5 Å². The van der Waals surface area contributed by atoms with E-state index in [2.05, 4.69) is 0 Å². The number of hydrogen-bond donors (Lipinski definition) is 2. The first-order valence-electron chi connectivity index (χ1n) is 7.80. The van der Waals surface area contributed by atoms with Crippen LogP contribution in [0.1, 0.15) is 0 Å². The van der Waals surface area contributed by atoms with Crippen molar-refractivity contribution < 1.29 is 24.4 Å². The monoisotopic (exact) mass is 328 g/mol. The van der Waals surface area contributed by atoms with Crippen LogP contribution in [-0.4, -0.2) is 43.8 Å². The molecule has 24 heavy (non-hydrogen) atoms. The van der Waals surface area contributed by atoms with Crippen LogP contribution in [0.2, 0.25) is 0 Å². The van der Waals surface area contributed by atoms with Crippen LogP contribution in [0.5, 0.6) is 17.2 Å². The Morgan fingerprint density at radius 1 is 0.750 bits per heavy atom. The summed E-state index contributed by atoms with van der Waals surface area (Å²) in [6.45, 7) is 0.284. The summed E-state index contributed by atoms with van der Waals surface area (Å²) in [5.41, 5.74) is 0. The molecule has 0 fully saturated rings. The fourth-order valence-corrected chi connectivity index (χ4v) is 2.81. The topological polar surface area (TPSA) is 68.2 Å². The van der Waals surface area contributed by atoms with Crippen molar-refractivity contribution in [3.05, 3.63) is 42.5 Å². The Morgan fingerprint density at radius 2 is 1.29 bits per heavy atom. The van der Waals surface area contributed by atoms with Crippen LogP contribution in [0.3, 0.4) is 0 Å². The lowest BCUT2D eigenvalue weighted by Crippen LogP contribution is -2.05. The molecule has 0 amide bonds. The van der Waals surface area contributed by atoms with Crippen molar-refractivity contribution in [3.63, 3.8) is 0 Å². The van der Waals surface area contributed by atoms with E-state index in [0.717, 1.165) is 21.5 Å². The summed E-state index contributed by atoms with van der Waals surface area (Å²) in [5, 5.41) is 21.8. The van der Waals surface area contributed by atoms with Gasteiger partial charge in [-0.25, -0.2) is 0 Å².